The van der Waals surface area contributed by atoms with Gasteiger partial charge in [-0.2, -0.15) is 10.5 Å². The highest BCUT2D eigenvalue weighted by molar-refractivity contribution is 7.18. The van der Waals surface area contributed by atoms with E-state index < -0.39 is 18.0 Å². The highest BCUT2D eigenvalue weighted by Crippen LogP contribution is 2.35. The molecule has 2 heterocycles. The smallest absolute Gasteiger partial charge is 0.165 e. The Morgan fingerprint density at radius 1 is 1.15 bits per heavy atom. The molecule has 0 aliphatic heterocycles. The second-order valence-corrected chi connectivity index (χ2v) is 8.58. The Kier molecular flexibility index (Phi) is 7.51. The third-order valence-electron chi connectivity index (χ3n) is 4.52. The lowest BCUT2D eigenvalue weighted by Crippen LogP contribution is -2.38. The van der Waals surface area contributed by atoms with Crippen LogP contribution in [0.15, 0.2) is 24.3 Å². The van der Waals surface area contributed by atoms with Gasteiger partial charge in [-0.15, -0.1) is 10.2 Å². The van der Waals surface area contributed by atoms with Crippen molar-refractivity contribution in [2.24, 2.45) is 5.73 Å². The first-order valence-electron chi connectivity index (χ1n) is 10.0. The number of ether oxygens (including phenoxy) is 1. The summed E-state index contributed by atoms with van der Waals surface area (Å²) in [4.78, 5) is 4.22. The number of rotatable bonds is 8. The molecule has 0 aliphatic rings. The van der Waals surface area contributed by atoms with Crippen LogP contribution in [0, 0.1) is 28.5 Å². The third kappa shape index (κ3) is 5.79. The molecule has 9 nitrogen and oxygen atoms in total. The number of pyridine rings is 1. The summed E-state index contributed by atoms with van der Waals surface area (Å²) in [5, 5.41) is 40.6. The van der Waals surface area contributed by atoms with E-state index in [2.05, 4.69) is 20.5 Å². The number of benzene rings is 1. The van der Waals surface area contributed by atoms with Crippen LogP contribution in [-0.2, 0) is 0 Å². The molecule has 2 aromatic heterocycles. The summed E-state index contributed by atoms with van der Waals surface area (Å²) < 4.78 is 20.0. The summed E-state index contributed by atoms with van der Waals surface area (Å²) in [7, 11) is 0. The molecule has 0 bridgehead atoms. The first kappa shape index (κ1) is 24.0. The van der Waals surface area contributed by atoms with Gasteiger partial charge in [-0.3, -0.25) is 0 Å². The summed E-state index contributed by atoms with van der Waals surface area (Å²) in [6.45, 7) is 5.29. The number of aliphatic hydroxyl groups excluding tert-OH is 1. The molecule has 4 N–H and O–H groups in total. The van der Waals surface area contributed by atoms with Crippen LogP contribution in [0.5, 0.6) is 5.75 Å². The van der Waals surface area contributed by atoms with E-state index in [0.717, 1.165) is 17.4 Å². The van der Waals surface area contributed by atoms with Gasteiger partial charge in [0.1, 0.15) is 40.3 Å². The van der Waals surface area contributed by atoms with Gasteiger partial charge in [0.25, 0.3) is 0 Å². The van der Waals surface area contributed by atoms with Gasteiger partial charge in [-0.25, -0.2) is 9.37 Å². The number of hydrogen-bond acceptors (Lipinski definition) is 10. The van der Waals surface area contributed by atoms with E-state index in [1.54, 1.807) is 12.1 Å². The van der Waals surface area contributed by atoms with Gasteiger partial charge in [0.05, 0.1) is 17.7 Å². The third-order valence-corrected chi connectivity index (χ3v) is 5.53. The van der Waals surface area contributed by atoms with Gasteiger partial charge < -0.3 is 20.9 Å². The molecular weight excluding hydrogens is 445 g/mol. The number of anilines is 1. The van der Waals surface area contributed by atoms with Crippen molar-refractivity contribution in [2.75, 3.05) is 11.9 Å². The SMILES string of the molecule is CC(C)Nc1cc(-c2nnc(-c3cc(F)c(OC[C@H](N)[C@H](C)O)cc3C#N)s2)cc(C#N)n1. The molecule has 0 amide bonds. The Morgan fingerprint density at radius 2 is 1.88 bits per heavy atom. The molecule has 3 rings (SSSR count). The molecule has 0 saturated heterocycles. The number of nitrogens with one attached hydrogen (secondary N) is 1. The second-order valence-electron chi connectivity index (χ2n) is 7.60. The van der Waals surface area contributed by atoms with E-state index in [0.29, 0.717) is 21.4 Å². The van der Waals surface area contributed by atoms with Crippen LogP contribution in [0.3, 0.4) is 0 Å². The van der Waals surface area contributed by atoms with Crippen molar-refractivity contribution in [2.45, 2.75) is 39.0 Å². The summed E-state index contributed by atoms with van der Waals surface area (Å²) in [5.74, 6) is -0.317. The van der Waals surface area contributed by atoms with Crippen LogP contribution in [0.4, 0.5) is 10.2 Å². The summed E-state index contributed by atoms with van der Waals surface area (Å²) in [5.41, 5.74) is 6.97. The molecular formula is C22H22FN7O2S. The van der Waals surface area contributed by atoms with E-state index in [4.69, 9.17) is 10.5 Å². The van der Waals surface area contributed by atoms with Gasteiger partial charge in [0, 0.05) is 23.2 Å². The van der Waals surface area contributed by atoms with Crippen LogP contribution < -0.4 is 15.8 Å². The van der Waals surface area contributed by atoms with Crippen LogP contribution >= 0.6 is 11.3 Å². The number of halogens is 1. The minimum absolute atomic E-state index is 0.112. The first-order chi connectivity index (χ1) is 15.7. The summed E-state index contributed by atoms with van der Waals surface area (Å²) in [6.07, 6.45) is -0.825. The monoisotopic (exact) mass is 467 g/mol. The molecule has 0 saturated carbocycles. The lowest BCUT2D eigenvalue weighted by Gasteiger charge is -2.16. The highest BCUT2D eigenvalue weighted by Gasteiger charge is 2.19. The molecule has 2 atom stereocenters. The zero-order chi connectivity index (χ0) is 24.1. The maximum absolute atomic E-state index is 14.7. The molecule has 11 heteroatoms. The Hall–Kier alpha value is -3.64. The standard InChI is InChI=1S/C22H22FN7O2S/c1-11(2)27-20-6-13(4-15(9-25)28-20)21-29-30-22(33-21)16-7-17(23)19(5-14(16)8-24)32-10-18(26)12(3)31/h4-7,11-12,18,31H,10,26H2,1-3H3,(H,27,28)/t12-,18-/m0/s1. The lowest BCUT2D eigenvalue weighted by atomic mass is 10.1. The van der Waals surface area contributed by atoms with Crippen molar-refractivity contribution in [1.29, 1.82) is 10.5 Å². The Balaban J connectivity index is 1.94. The van der Waals surface area contributed by atoms with Crippen molar-refractivity contribution >= 4 is 17.2 Å². The maximum atomic E-state index is 14.7. The minimum Gasteiger partial charge on any atom is -0.489 e. The molecule has 1 aromatic carbocycles. The van der Waals surface area contributed by atoms with Gasteiger partial charge >= 0.3 is 0 Å². The molecule has 0 fully saturated rings. The minimum atomic E-state index is -0.825. The van der Waals surface area contributed by atoms with Crippen LogP contribution in [0.25, 0.3) is 21.1 Å². The van der Waals surface area contributed by atoms with Crippen LogP contribution in [0.1, 0.15) is 32.0 Å². The number of nitriles is 2. The number of nitrogens with two attached hydrogens (primary N) is 1. The van der Waals surface area contributed by atoms with Gasteiger partial charge in [0.15, 0.2) is 11.6 Å². The van der Waals surface area contributed by atoms with Crippen LogP contribution in [0.2, 0.25) is 0 Å². The largest absolute Gasteiger partial charge is 0.489 e. The normalized spacial score (nSPS) is 12.6. The quantitative estimate of drug-likeness (QED) is 0.453. The van der Waals surface area contributed by atoms with E-state index >= 15 is 0 Å². The molecule has 0 radical (unpaired) electrons. The highest BCUT2D eigenvalue weighted by atomic mass is 32.1. The predicted octanol–water partition coefficient (Wildman–Crippen LogP) is 3.06. The molecule has 0 spiro atoms. The van der Waals surface area contributed by atoms with Crippen molar-refractivity contribution in [3.63, 3.8) is 0 Å². The average Bonchev–Trinajstić information content (AvgIpc) is 3.27. The molecule has 33 heavy (non-hydrogen) atoms. The van der Waals surface area contributed by atoms with Crippen molar-refractivity contribution in [3.8, 4) is 39.0 Å². The van der Waals surface area contributed by atoms with Gasteiger partial charge in [-0.1, -0.05) is 11.3 Å². The van der Waals surface area contributed by atoms with Crippen molar-refractivity contribution in [3.05, 3.63) is 41.3 Å². The van der Waals surface area contributed by atoms with E-state index in [1.165, 1.54) is 13.0 Å². The van der Waals surface area contributed by atoms with E-state index in [9.17, 15) is 20.0 Å². The fourth-order valence-corrected chi connectivity index (χ4v) is 3.65. The zero-order valence-electron chi connectivity index (χ0n) is 18.2. The number of aliphatic hydroxyl groups is 1. The van der Waals surface area contributed by atoms with Crippen LogP contribution in [-0.4, -0.2) is 45.1 Å². The predicted molar refractivity (Wildman–Crippen MR) is 122 cm³/mol. The van der Waals surface area contributed by atoms with Gasteiger partial charge in [-0.05, 0) is 39.0 Å². The average molecular weight is 468 g/mol. The van der Waals surface area contributed by atoms with E-state index in [1.807, 2.05) is 26.0 Å². The Morgan fingerprint density at radius 3 is 2.52 bits per heavy atom. The first-order valence-corrected chi connectivity index (χ1v) is 10.9. The second kappa shape index (κ2) is 10.3. The molecule has 0 aliphatic carbocycles. The summed E-state index contributed by atoms with van der Waals surface area (Å²) >= 11 is 1.15. The van der Waals surface area contributed by atoms with Crippen molar-refractivity contribution < 1.29 is 14.2 Å². The summed E-state index contributed by atoms with van der Waals surface area (Å²) in [6, 6.07) is 9.22. The number of nitrogens with zero attached hydrogens (tertiary/aromatic N) is 5. The van der Waals surface area contributed by atoms with Gasteiger partial charge in [0.2, 0.25) is 0 Å². The number of hydrogen-bond donors (Lipinski definition) is 3. The Bertz CT molecular complexity index is 1230. The fraction of sp³-hybridized carbons (Fsp3) is 0.318. The Labute approximate surface area is 194 Å². The maximum Gasteiger partial charge on any atom is 0.165 e. The molecule has 0 unspecified atom stereocenters. The number of aromatic nitrogens is 3. The zero-order valence-corrected chi connectivity index (χ0v) is 19.0. The van der Waals surface area contributed by atoms with Crippen molar-refractivity contribution in [1.82, 2.24) is 15.2 Å². The molecule has 3 aromatic rings. The topological polar surface area (TPSA) is 154 Å². The molecule has 170 valence electrons. The van der Waals surface area contributed by atoms with E-state index in [-0.39, 0.29) is 35.2 Å². The lowest BCUT2D eigenvalue weighted by molar-refractivity contribution is 0.129. The fourth-order valence-electron chi connectivity index (χ4n) is 2.79.